The van der Waals surface area contributed by atoms with Crippen molar-refractivity contribution >= 4 is 23.8 Å². The van der Waals surface area contributed by atoms with Crippen LogP contribution in [0.25, 0.3) is 6.08 Å². The number of likely N-dealkylation sites (N-methyl/N-ethyl adjacent to an activating group) is 1. The number of amides is 3. The smallest absolute Gasteiger partial charge is 0.267 e. The van der Waals surface area contributed by atoms with Crippen LogP contribution in [-0.4, -0.2) is 31.3 Å². The summed E-state index contributed by atoms with van der Waals surface area (Å²) in [7, 11) is 1.47. The Morgan fingerprint density at radius 1 is 1.15 bits per heavy atom. The van der Waals surface area contributed by atoms with Crippen LogP contribution in [0.2, 0.25) is 0 Å². The summed E-state index contributed by atoms with van der Waals surface area (Å²) in [5.74, 6) is -1.19. The quantitative estimate of drug-likeness (QED) is 0.662. The molecule has 0 unspecified atom stereocenters. The van der Waals surface area contributed by atoms with Gasteiger partial charge >= 0.3 is 0 Å². The van der Waals surface area contributed by atoms with Crippen molar-refractivity contribution < 1.29 is 14.4 Å². The molecule has 1 rings (SSSR count). The van der Waals surface area contributed by atoms with Gasteiger partial charge in [0.25, 0.3) is 5.91 Å². The zero-order chi connectivity index (χ0) is 15.0. The maximum Gasteiger partial charge on any atom is 0.267 e. The average molecular weight is 275 g/mol. The van der Waals surface area contributed by atoms with Gasteiger partial charge in [-0.2, -0.15) is 0 Å². The van der Waals surface area contributed by atoms with Gasteiger partial charge in [0.15, 0.2) is 0 Å². The molecule has 0 saturated carbocycles. The molecule has 0 spiro atoms. The number of carbonyl (C=O) groups excluding carboxylic acids is 3. The van der Waals surface area contributed by atoms with Crippen LogP contribution in [0.1, 0.15) is 12.5 Å². The molecule has 1 aromatic carbocycles. The molecule has 0 aliphatic rings. The molecule has 0 aromatic heterocycles. The molecule has 3 N–H and O–H groups in total. The standard InChI is InChI=1S/C14H17N3O3/c1-10(18)16-9-13(19)17-12(14(20)15-2)8-11-6-4-3-5-7-11/h3-8H,9H2,1-2H3,(H,15,20)(H,16,18)(H,17,19)/b12-8-. The monoisotopic (exact) mass is 275 g/mol. The average Bonchev–Trinajstić information content (AvgIpc) is 2.44. The topological polar surface area (TPSA) is 87.3 Å². The van der Waals surface area contributed by atoms with E-state index in [1.807, 2.05) is 30.3 Å². The van der Waals surface area contributed by atoms with Crippen molar-refractivity contribution in [1.82, 2.24) is 16.0 Å². The van der Waals surface area contributed by atoms with Crippen molar-refractivity contribution in [2.75, 3.05) is 13.6 Å². The van der Waals surface area contributed by atoms with E-state index in [-0.39, 0.29) is 18.1 Å². The van der Waals surface area contributed by atoms with Crippen LogP contribution in [0.4, 0.5) is 0 Å². The van der Waals surface area contributed by atoms with Crippen LogP contribution in [-0.2, 0) is 14.4 Å². The first kappa shape index (κ1) is 15.4. The van der Waals surface area contributed by atoms with Gasteiger partial charge in [0.2, 0.25) is 11.8 Å². The van der Waals surface area contributed by atoms with Gasteiger partial charge in [-0.3, -0.25) is 14.4 Å². The molecule has 6 heteroatoms. The van der Waals surface area contributed by atoms with Crippen molar-refractivity contribution in [3.63, 3.8) is 0 Å². The van der Waals surface area contributed by atoms with Gasteiger partial charge in [0.05, 0.1) is 6.54 Å². The van der Waals surface area contributed by atoms with Gasteiger partial charge in [0.1, 0.15) is 5.70 Å². The molecule has 0 atom stereocenters. The lowest BCUT2D eigenvalue weighted by atomic mass is 10.2. The summed E-state index contributed by atoms with van der Waals surface area (Å²) < 4.78 is 0. The van der Waals surface area contributed by atoms with Gasteiger partial charge in [-0.1, -0.05) is 30.3 Å². The molecule has 3 amide bonds. The maximum atomic E-state index is 11.7. The minimum Gasteiger partial charge on any atom is -0.354 e. The van der Waals surface area contributed by atoms with Crippen molar-refractivity contribution in [1.29, 1.82) is 0 Å². The number of rotatable bonds is 5. The zero-order valence-electron chi connectivity index (χ0n) is 11.4. The van der Waals surface area contributed by atoms with Crippen LogP contribution in [0.15, 0.2) is 36.0 Å². The minimum absolute atomic E-state index is 0.119. The molecule has 0 fully saturated rings. The van der Waals surface area contributed by atoms with Crippen LogP contribution in [0.3, 0.4) is 0 Å². The summed E-state index contributed by atoms with van der Waals surface area (Å²) in [5.41, 5.74) is 0.903. The van der Waals surface area contributed by atoms with Gasteiger partial charge in [-0.15, -0.1) is 0 Å². The molecule has 6 nitrogen and oxygen atoms in total. The summed E-state index contributed by atoms with van der Waals surface area (Å²) >= 11 is 0. The van der Waals surface area contributed by atoms with E-state index in [0.29, 0.717) is 0 Å². The second-order valence-electron chi connectivity index (χ2n) is 4.01. The molecule has 1 aromatic rings. The first-order chi connectivity index (χ1) is 9.52. The molecule has 0 heterocycles. The number of benzene rings is 1. The Labute approximate surface area is 117 Å². The first-order valence-corrected chi connectivity index (χ1v) is 6.06. The molecule has 0 aliphatic carbocycles. The first-order valence-electron chi connectivity index (χ1n) is 6.06. The molecular formula is C14H17N3O3. The normalized spacial score (nSPS) is 10.6. The lowest BCUT2D eigenvalue weighted by Gasteiger charge is -2.09. The highest BCUT2D eigenvalue weighted by Gasteiger charge is 2.11. The lowest BCUT2D eigenvalue weighted by Crippen LogP contribution is -2.39. The molecule has 0 saturated heterocycles. The van der Waals surface area contributed by atoms with Gasteiger partial charge < -0.3 is 16.0 Å². The Hall–Kier alpha value is -2.63. The highest BCUT2D eigenvalue weighted by Crippen LogP contribution is 2.04. The van der Waals surface area contributed by atoms with E-state index in [1.54, 1.807) is 6.08 Å². The Morgan fingerprint density at radius 2 is 1.80 bits per heavy atom. The molecule has 0 radical (unpaired) electrons. The van der Waals surface area contributed by atoms with E-state index in [1.165, 1.54) is 14.0 Å². The minimum atomic E-state index is -0.467. The summed E-state index contributed by atoms with van der Waals surface area (Å²) in [6.07, 6.45) is 1.56. The largest absolute Gasteiger partial charge is 0.354 e. The predicted molar refractivity (Wildman–Crippen MR) is 75.3 cm³/mol. The Morgan fingerprint density at radius 3 is 2.35 bits per heavy atom. The fraction of sp³-hybridized carbons (Fsp3) is 0.214. The van der Waals surface area contributed by atoms with E-state index in [0.717, 1.165) is 5.56 Å². The second kappa shape index (κ2) is 7.73. The third-order valence-electron chi connectivity index (χ3n) is 2.35. The summed E-state index contributed by atoms with van der Waals surface area (Å²) in [6.45, 7) is 1.13. The van der Waals surface area contributed by atoms with Crippen LogP contribution >= 0.6 is 0 Å². The van der Waals surface area contributed by atoms with Crippen LogP contribution < -0.4 is 16.0 Å². The van der Waals surface area contributed by atoms with Gasteiger partial charge in [-0.05, 0) is 11.6 Å². The zero-order valence-corrected chi connectivity index (χ0v) is 11.4. The lowest BCUT2D eigenvalue weighted by molar-refractivity contribution is -0.125. The van der Waals surface area contributed by atoms with Crippen LogP contribution in [0.5, 0.6) is 0 Å². The van der Waals surface area contributed by atoms with E-state index in [2.05, 4.69) is 16.0 Å². The summed E-state index contributed by atoms with van der Waals surface area (Å²) in [5, 5.41) is 7.27. The van der Waals surface area contributed by atoms with Crippen molar-refractivity contribution in [3.05, 3.63) is 41.6 Å². The summed E-state index contributed by atoms with van der Waals surface area (Å²) in [4.78, 5) is 34.1. The van der Waals surface area contributed by atoms with Crippen molar-refractivity contribution in [2.24, 2.45) is 0 Å². The van der Waals surface area contributed by atoms with Crippen molar-refractivity contribution in [3.8, 4) is 0 Å². The fourth-order valence-electron chi connectivity index (χ4n) is 1.41. The SMILES string of the molecule is CNC(=O)/C(=C/c1ccccc1)NC(=O)CNC(C)=O. The predicted octanol–water partition coefficient (Wildman–Crippen LogP) is 0.0258. The fourth-order valence-corrected chi connectivity index (χ4v) is 1.41. The maximum absolute atomic E-state index is 11.7. The molecule has 0 aliphatic heterocycles. The molecule has 106 valence electrons. The van der Waals surface area contributed by atoms with Gasteiger partial charge in [0, 0.05) is 14.0 Å². The molecule has 0 bridgehead atoms. The van der Waals surface area contributed by atoms with E-state index in [4.69, 9.17) is 0 Å². The second-order valence-corrected chi connectivity index (χ2v) is 4.01. The molecule has 20 heavy (non-hydrogen) atoms. The highest BCUT2D eigenvalue weighted by molar-refractivity contribution is 6.01. The Kier molecular flexibility index (Phi) is 5.96. The Bertz CT molecular complexity index is 524. The van der Waals surface area contributed by atoms with Gasteiger partial charge in [-0.25, -0.2) is 0 Å². The third-order valence-corrected chi connectivity index (χ3v) is 2.35. The summed E-state index contributed by atoms with van der Waals surface area (Å²) in [6, 6.07) is 9.12. The number of hydrogen-bond acceptors (Lipinski definition) is 3. The highest BCUT2D eigenvalue weighted by atomic mass is 16.2. The number of nitrogens with one attached hydrogen (secondary N) is 3. The van der Waals surface area contributed by atoms with E-state index in [9.17, 15) is 14.4 Å². The number of hydrogen-bond donors (Lipinski definition) is 3. The number of carbonyl (C=O) groups is 3. The van der Waals surface area contributed by atoms with E-state index >= 15 is 0 Å². The Balaban J connectivity index is 2.80. The van der Waals surface area contributed by atoms with Crippen molar-refractivity contribution in [2.45, 2.75) is 6.92 Å². The molecular weight excluding hydrogens is 258 g/mol. The third kappa shape index (κ3) is 5.34. The van der Waals surface area contributed by atoms with E-state index < -0.39 is 11.8 Å². The van der Waals surface area contributed by atoms with Crippen LogP contribution in [0, 0.1) is 0 Å².